The molecule has 0 amide bonds. The van der Waals surface area contributed by atoms with Crippen LogP contribution in [0.3, 0.4) is 0 Å². The van der Waals surface area contributed by atoms with Crippen molar-refractivity contribution >= 4 is 5.97 Å². The molecule has 0 bridgehead atoms. The summed E-state index contributed by atoms with van der Waals surface area (Å²) < 4.78 is 4.64. The maximum absolute atomic E-state index is 11.2. The van der Waals surface area contributed by atoms with E-state index in [1.54, 1.807) is 6.92 Å². The standard InChI is InChI=1S/C13H24N2O2/c1-11(12(16)17-4)6-9-14-10-13(15(2)3)7-5-8-13/h6,14H,5,7-10H2,1-4H3. The summed E-state index contributed by atoms with van der Waals surface area (Å²) in [6, 6.07) is 0. The van der Waals surface area contributed by atoms with E-state index in [1.807, 2.05) is 6.08 Å². The molecule has 0 spiro atoms. The molecule has 0 heterocycles. The lowest BCUT2D eigenvalue weighted by Gasteiger charge is -2.47. The fourth-order valence-corrected chi connectivity index (χ4v) is 2.14. The van der Waals surface area contributed by atoms with Crippen LogP contribution in [-0.2, 0) is 9.53 Å². The van der Waals surface area contributed by atoms with Gasteiger partial charge in [0.2, 0.25) is 0 Å². The molecule has 0 radical (unpaired) electrons. The predicted octanol–water partition coefficient (Wildman–Crippen LogP) is 1.18. The number of ether oxygens (including phenoxy) is 1. The minimum atomic E-state index is -0.252. The smallest absolute Gasteiger partial charge is 0.333 e. The van der Waals surface area contributed by atoms with Gasteiger partial charge in [0.1, 0.15) is 0 Å². The Bertz CT molecular complexity index is 294. The molecule has 1 rings (SSSR count). The van der Waals surface area contributed by atoms with Crippen molar-refractivity contribution in [2.45, 2.75) is 31.7 Å². The molecular weight excluding hydrogens is 216 g/mol. The Morgan fingerprint density at radius 1 is 1.47 bits per heavy atom. The Balaban J connectivity index is 2.30. The van der Waals surface area contributed by atoms with Crippen molar-refractivity contribution in [3.05, 3.63) is 11.6 Å². The highest BCUT2D eigenvalue weighted by Gasteiger charge is 2.38. The van der Waals surface area contributed by atoms with Crippen LogP contribution in [0.1, 0.15) is 26.2 Å². The summed E-state index contributed by atoms with van der Waals surface area (Å²) in [5, 5.41) is 3.39. The Hall–Kier alpha value is -0.870. The highest BCUT2D eigenvalue weighted by Crippen LogP contribution is 2.35. The summed E-state index contributed by atoms with van der Waals surface area (Å²) >= 11 is 0. The third-order valence-corrected chi connectivity index (χ3v) is 3.75. The number of hydrogen-bond donors (Lipinski definition) is 1. The van der Waals surface area contributed by atoms with Crippen molar-refractivity contribution in [2.24, 2.45) is 0 Å². The van der Waals surface area contributed by atoms with E-state index in [0.717, 1.165) is 13.1 Å². The second-order valence-electron chi connectivity index (χ2n) is 4.98. The third-order valence-electron chi connectivity index (χ3n) is 3.75. The minimum Gasteiger partial charge on any atom is -0.466 e. The van der Waals surface area contributed by atoms with Crippen LogP contribution in [0.15, 0.2) is 11.6 Å². The van der Waals surface area contributed by atoms with Crippen molar-refractivity contribution < 1.29 is 9.53 Å². The first kappa shape index (κ1) is 14.2. The van der Waals surface area contributed by atoms with E-state index >= 15 is 0 Å². The maximum Gasteiger partial charge on any atom is 0.333 e. The first-order valence-corrected chi connectivity index (χ1v) is 6.15. The molecule has 0 saturated heterocycles. The summed E-state index contributed by atoms with van der Waals surface area (Å²) in [6.45, 7) is 3.47. The molecule has 4 nitrogen and oxygen atoms in total. The van der Waals surface area contributed by atoms with Gasteiger partial charge in [-0.25, -0.2) is 4.79 Å². The van der Waals surface area contributed by atoms with E-state index in [9.17, 15) is 4.79 Å². The molecule has 4 heteroatoms. The number of esters is 1. The topological polar surface area (TPSA) is 41.6 Å². The van der Waals surface area contributed by atoms with Crippen LogP contribution in [-0.4, -0.2) is 50.7 Å². The highest BCUT2D eigenvalue weighted by molar-refractivity contribution is 5.87. The van der Waals surface area contributed by atoms with Crippen LogP contribution in [0.5, 0.6) is 0 Å². The molecule has 1 aliphatic carbocycles. The van der Waals surface area contributed by atoms with Crippen LogP contribution in [0.4, 0.5) is 0 Å². The number of likely N-dealkylation sites (N-methyl/N-ethyl adjacent to an activating group) is 1. The normalized spacial score (nSPS) is 19.0. The Morgan fingerprint density at radius 2 is 2.12 bits per heavy atom. The second kappa shape index (κ2) is 6.17. The molecule has 98 valence electrons. The lowest BCUT2D eigenvalue weighted by molar-refractivity contribution is -0.136. The van der Waals surface area contributed by atoms with Crippen molar-refractivity contribution in [1.29, 1.82) is 0 Å². The molecule has 1 aliphatic rings. The molecule has 1 saturated carbocycles. The Kier molecular flexibility index (Phi) is 5.15. The van der Waals surface area contributed by atoms with Crippen molar-refractivity contribution in [2.75, 3.05) is 34.3 Å². The van der Waals surface area contributed by atoms with Crippen LogP contribution in [0, 0.1) is 0 Å². The minimum absolute atomic E-state index is 0.252. The first-order chi connectivity index (χ1) is 8.02. The predicted molar refractivity (Wildman–Crippen MR) is 68.9 cm³/mol. The largest absolute Gasteiger partial charge is 0.466 e. The maximum atomic E-state index is 11.2. The molecule has 0 aromatic carbocycles. The number of hydrogen-bond acceptors (Lipinski definition) is 4. The summed E-state index contributed by atoms with van der Waals surface area (Å²) in [7, 11) is 5.68. The fourth-order valence-electron chi connectivity index (χ4n) is 2.14. The number of carbonyl (C=O) groups excluding carboxylic acids is 1. The van der Waals surface area contributed by atoms with Gasteiger partial charge >= 0.3 is 5.97 Å². The number of rotatable bonds is 6. The van der Waals surface area contributed by atoms with Gasteiger partial charge < -0.3 is 15.0 Å². The summed E-state index contributed by atoms with van der Waals surface area (Å²) in [6.07, 6.45) is 5.71. The number of carbonyl (C=O) groups is 1. The van der Waals surface area contributed by atoms with Crippen LogP contribution in [0.2, 0.25) is 0 Å². The molecule has 0 aromatic rings. The van der Waals surface area contributed by atoms with E-state index in [1.165, 1.54) is 26.4 Å². The Labute approximate surface area is 104 Å². The van der Waals surface area contributed by atoms with Gasteiger partial charge in [-0.05, 0) is 40.3 Å². The lowest BCUT2D eigenvalue weighted by Crippen LogP contribution is -2.56. The zero-order valence-electron chi connectivity index (χ0n) is 11.4. The van der Waals surface area contributed by atoms with Gasteiger partial charge in [-0.3, -0.25) is 0 Å². The molecule has 0 atom stereocenters. The number of nitrogens with zero attached hydrogens (tertiary/aromatic N) is 1. The van der Waals surface area contributed by atoms with Gasteiger partial charge in [-0.15, -0.1) is 0 Å². The first-order valence-electron chi connectivity index (χ1n) is 6.15. The quantitative estimate of drug-likeness (QED) is 0.430. The van der Waals surface area contributed by atoms with Gasteiger partial charge in [0.15, 0.2) is 0 Å². The van der Waals surface area contributed by atoms with Gasteiger partial charge in [0, 0.05) is 24.2 Å². The summed E-state index contributed by atoms with van der Waals surface area (Å²) in [5.41, 5.74) is 0.986. The molecule has 0 unspecified atom stereocenters. The molecule has 0 aromatic heterocycles. The molecule has 1 N–H and O–H groups in total. The average molecular weight is 240 g/mol. The molecule has 0 aliphatic heterocycles. The SMILES string of the molecule is COC(=O)C(C)=CCNCC1(N(C)C)CCC1. The number of nitrogens with one attached hydrogen (secondary N) is 1. The Morgan fingerprint density at radius 3 is 2.53 bits per heavy atom. The summed E-state index contributed by atoms with van der Waals surface area (Å²) in [5.74, 6) is -0.252. The number of methoxy groups -OCH3 is 1. The van der Waals surface area contributed by atoms with Crippen LogP contribution >= 0.6 is 0 Å². The fraction of sp³-hybridized carbons (Fsp3) is 0.769. The van der Waals surface area contributed by atoms with Gasteiger partial charge in [0.05, 0.1) is 7.11 Å². The van der Waals surface area contributed by atoms with Crippen molar-refractivity contribution in [1.82, 2.24) is 10.2 Å². The van der Waals surface area contributed by atoms with Gasteiger partial charge in [-0.2, -0.15) is 0 Å². The van der Waals surface area contributed by atoms with Gasteiger partial charge in [-0.1, -0.05) is 6.08 Å². The zero-order valence-corrected chi connectivity index (χ0v) is 11.4. The monoisotopic (exact) mass is 240 g/mol. The molecular formula is C13H24N2O2. The molecule has 1 fully saturated rings. The van der Waals surface area contributed by atoms with Crippen molar-refractivity contribution in [3.8, 4) is 0 Å². The van der Waals surface area contributed by atoms with Crippen molar-refractivity contribution in [3.63, 3.8) is 0 Å². The van der Waals surface area contributed by atoms with E-state index < -0.39 is 0 Å². The zero-order chi connectivity index (χ0) is 12.9. The van der Waals surface area contributed by atoms with E-state index in [4.69, 9.17) is 0 Å². The average Bonchev–Trinajstić information content (AvgIpc) is 2.24. The van der Waals surface area contributed by atoms with E-state index in [0.29, 0.717) is 11.1 Å². The molecule has 17 heavy (non-hydrogen) atoms. The van der Waals surface area contributed by atoms with Gasteiger partial charge in [0.25, 0.3) is 0 Å². The highest BCUT2D eigenvalue weighted by atomic mass is 16.5. The van der Waals surface area contributed by atoms with Crippen LogP contribution < -0.4 is 5.32 Å². The third kappa shape index (κ3) is 3.54. The van der Waals surface area contributed by atoms with E-state index in [-0.39, 0.29) is 5.97 Å². The van der Waals surface area contributed by atoms with E-state index in [2.05, 4.69) is 29.0 Å². The second-order valence-corrected chi connectivity index (χ2v) is 4.98. The summed E-state index contributed by atoms with van der Waals surface area (Å²) in [4.78, 5) is 13.5. The lowest BCUT2D eigenvalue weighted by atomic mass is 9.75. The van der Waals surface area contributed by atoms with Crippen LogP contribution in [0.25, 0.3) is 0 Å².